The molecule has 1 fully saturated rings. The van der Waals surface area contributed by atoms with Gasteiger partial charge in [0.15, 0.2) is 4.77 Å². The van der Waals surface area contributed by atoms with Gasteiger partial charge < -0.3 is 4.57 Å². The minimum absolute atomic E-state index is 0.503. The van der Waals surface area contributed by atoms with Crippen molar-refractivity contribution in [3.05, 3.63) is 32.5 Å². The van der Waals surface area contributed by atoms with Gasteiger partial charge in [0.05, 0.1) is 6.67 Å². The van der Waals surface area contributed by atoms with Gasteiger partial charge in [-0.05, 0) is 54.9 Å². The Bertz CT molecular complexity index is 738. The fourth-order valence-corrected chi connectivity index (χ4v) is 4.68. The van der Waals surface area contributed by atoms with Crippen molar-refractivity contribution in [2.24, 2.45) is 7.05 Å². The standard InChI is InChI=1S/C16H22N4S2/c1-3-13-12-7-9-22-14(12)6-8-19(13)10-20-16(21)18(2)15(17-20)11-4-5-11/h7,9,11,13H,3-6,8,10H2,1-2H3/t13-/m0/s1. The second kappa shape index (κ2) is 5.58. The molecule has 4 rings (SSSR count). The van der Waals surface area contributed by atoms with Crippen molar-refractivity contribution in [3.8, 4) is 0 Å². The van der Waals surface area contributed by atoms with Crippen LogP contribution in [0.15, 0.2) is 11.4 Å². The molecule has 2 aromatic rings. The van der Waals surface area contributed by atoms with Crippen molar-refractivity contribution >= 4 is 23.6 Å². The van der Waals surface area contributed by atoms with Gasteiger partial charge in [0.1, 0.15) is 5.82 Å². The van der Waals surface area contributed by atoms with E-state index in [4.69, 9.17) is 17.3 Å². The van der Waals surface area contributed by atoms with Gasteiger partial charge in [-0.2, -0.15) is 5.10 Å². The minimum atomic E-state index is 0.503. The molecule has 118 valence electrons. The molecule has 0 amide bonds. The molecule has 0 unspecified atom stereocenters. The molecule has 0 saturated heterocycles. The lowest BCUT2D eigenvalue weighted by atomic mass is 9.98. The van der Waals surface area contributed by atoms with Crippen LogP contribution >= 0.6 is 23.6 Å². The van der Waals surface area contributed by atoms with E-state index >= 15 is 0 Å². The summed E-state index contributed by atoms with van der Waals surface area (Å²) in [5.74, 6) is 1.81. The highest BCUT2D eigenvalue weighted by molar-refractivity contribution is 7.71. The van der Waals surface area contributed by atoms with Gasteiger partial charge in [-0.15, -0.1) is 11.3 Å². The quantitative estimate of drug-likeness (QED) is 0.794. The smallest absolute Gasteiger partial charge is 0.198 e. The van der Waals surface area contributed by atoms with Gasteiger partial charge in [-0.1, -0.05) is 6.92 Å². The van der Waals surface area contributed by atoms with E-state index in [9.17, 15) is 0 Å². The van der Waals surface area contributed by atoms with Gasteiger partial charge in [-0.25, -0.2) is 4.68 Å². The van der Waals surface area contributed by atoms with Crippen molar-refractivity contribution < 1.29 is 0 Å². The molecule has 1 saturated carbocycles. The molecule has 6 heteroatoms. The summed E-state index contributed by atoms with van der Waals surface area (Å²) in [6.07, 6.45) is 4.82. The summed E-state index contributed by atoms with van der Waals surface area (Å²) in [5.41, 5.74) is 1.52. The number of hydrogen-bond donors (Lipinski definition) is 0. The van der Waals surface area contributed by atoms with Crippen molar-refractivity contribution in [2.75, 3.05) is 6.54 Å². The van der Waals surface area contributed by atoms with Crippen LogP contribution in [0.4, 0.5) is 0 Å². The number of thiophene rings is 1. The first-order valence-corrected chi connectivity index (χ1v) is 9.42. The normalized spacial score (nSPS) is 22.0. The van der Waals surface area contributed by atoms with Gasteiger partial charge in [0, 0.05) is 30.4 Å². The zero-order chi connectivity index (χ0) is 15.3. The molecular formula is C16H22N4S2. The fraction of sp³-hybridized carbons (Fsp3) is 0.625. The molecule has 22 heavy (non-hydrogen) atoms. The van der Waals surface area contributed by atoms with E-state index in [1.165, 1.54) is 24.2 Å². The second-order valence-corrected chi connectivity index (χ2v) is 7.77. The van der Waals surface area contributed by atoms with E-state index < -0.39 is 0 Å². The van der Waals surface area contributed by atoms with Crippen LogP contribution in [0.2, 0.25) is 0 Å². The Hall–Kier alpha value is -0.980. The Morgan fingerprint density at radius 2 is 2.23 bits per heavy atom. The summed E-state index contributed by atoms with van der Waals surface area (Å²) >= 11 is 7.51. The number of aromatic nitrogens is 3. The monoisotopic (exact) mass is 334 g/mol. The number of fused-ring (bicyclic) bond motifs is 1. The fourth-order valence-electron chi connectivity index (χ4n) is 3.56. The van der Waals surface area contributed by atoms with Gasteiger partial charge >= 0.3 is 0 Å². The van der Waals surface area contributed by atoms with Gasteiger partial charge in [-0.3, -0.25) is 4.90 Å². The summed E-state index contributed by atoms with van der Waals surface area (Å²) in [5, 5.41) is 7.04. The molecule has 2 aromatic heterocycles. The molecule has 1 aliphatic carbocycles. The highest BCUT2D eigenvalue weighted by atomic mass is 32.1. The summed E-state index contributed by atoms with van der Waals surface area (Å²) in [4.78, 5) is 4.10. The molecule has 0 spiro atoms. The van der Waals surface area contributed by atoms with Crippen LogP contribution in [-0.2, 0) is 20.1 Å². The van der Waals surface area contributed by atoms with Crippen molar-refractivity contribution in [1.29, 1.82) is 0 Å². The van der Waals surface area contributed by atoms with Crippen LogP contribution in [0, 0.1) is 4.77 Å². The summed E-state index contributed by atoms with van der Waals surface area (Å²) in [6.45, 7) is 4.19. The number of hydrogen-bond acceptors (Lipinski definition) is 4. The van der Waals surface area contributed by atoms with Crippen LogP contribution in [0.3, 0.4) is 0 Å². The van der Waals surface area contributed by atoms with E-state index in [2.05, 4.69) is 34.9 Å². The van der Waals surface area contributed by atoms with Crippen LogP contribution in [-0.4, -0.2) is 25.8 Å². The molecule has 2 aliphatic rings. The largest absolute Gasteiger partial charge is 0.307 e. The van der Waals surface area contributed by atoms with E-state index in [0.29, 0.717) is 12.0 Å². The van der Waals surface area contributed by atoms with Crippen molar-refractivity contribution in [1.82, 2.24) is 19.2 Å². The summed E-state index contributed by atoms with van der Waals surface area (Å²) in [7, 11) is 2.06. The van der Waals surface area contributed by atoms with Crippen LogP contribution < -0.4 is 0 Å². The minimum Gasteiger partial charge on any atom is -0.307 e. The third-order valence-corrected chi connectivity index (χ3v) is 6.41. The van der Waals surface area contributed by atoms with E-state index in [-0.39, 0.29) is 0 Å². The maximum absolute atomic E-state index is 5.60. The molecule has 0 bridgehead atoms. The Balaban J connectivity index is 1.61. The average molecular weight is 335 g/mol. The first-order chi connectivity index (χ1) is 10.7. The lowest BCUT2D eigenvalue weighted by Gasteiger charge is -2.35. The third-order valence-electron chi connectivity index (χ3n) is 4.93. The zero-order valence-electron chi connectivity index (χ0n) is 13.2. The Morgan fingerprint density at radius 1 is 1.41 bits per heavy atom. The first kappa shape index (κ1) is 14.6. The lowest BCUT2D eigenvalue weighted by Crippen LogP contribution is -2.36. The maximum Gasteiger partial charge on any atom is 0.198 e. The molecule has 0 aromatic carbocycles. The molecule has 3 heterocycles. The predicted octanol–water partition coefficient (Wildman–Crippen LogP) is 3.86. The molecule has 0 N–H and O–H groups in total. The molecular weight excluding hydrogens is 312 g/mol. The second-order valence-electron chi connectivity index (χ2n) is 6.40. The SMILES string of the molecule is CC[C@H]1c2ccsc2CCN1Cn1nc(C2CC2)n(C)c1=S. The topological polar surface area (TPSA) is 26.0 Å². The highest BCUT2D eigenvalue weighted by Gasteiger charge is 2.31. The number of nitrogens with zero attached hydrogens (tertiary/aromatic N) is 4. The summed E-state index contributed by atoms with van der Waals surface area (Å²) < 4.78 is 4.99. The molecule has 4 nitrogen and oxygen atoms in total. The molecule has 1 atom stereocenters. The maximum atomic E-state index is 5.60. The first-order valence-electron chi connectivity index (χ1n) is 8.13. The van der Waals surface area contributed by atoms with Crippen molar-refractivity contribution in [3.63, 3.8) is 0 Å². The Kier molecular flexibility index (Phi) is 3.71. The van der Waals surface area contributed by atoms with Crippen LogP contribution in [0.5, 0.6) is 0 Å². The summed E-state index contributed by atoms with van der Waals surface area (Å²) in [6, 6.07) is 2.80. The predicted molar refractivity (Wildman–Crippen MR) is 91.8 cm³/mol. The zero-order valence-corrected chi connectivity index (χ0v) is 14.8. The van der Waals surface area contributed by atoms with Gasteiger partial charge in [0.2, 0.25) is 0 Å². The Morgan fingerprint density at radius 3 is 2.95 bits per heavy atom. The highest BCUT2D eigenvalue weighted by Crippen LogP contribution is 2.39. The Labute approximate surface area is 140 Å². The van der Waals surface area contributed by atoms with E-state index in [1.807, 2.05) is 16.0 Å². The van der Waals surface area contributed by atoms with Crippen molar-refractivity contribution in [2.45, 2.75) is 51.2 Å². The molecule has 0 radical (unpaired) electrons. The lowest BCUT2D eigenvalue weighted by molar-refractivity contribution is 0.129. The third kappa shape index (κ3) is 2.37. The molecule has 1 aliphatic heterocycles. The van der Waals surface area contributed by atoms with Gasteiger partial charge in [0.25, 0.3) is 0 Å². The van der Waals surface area contributed by atoms with Crippen LogP contribution in [0.1, 0.15) is 54.4 Å². The van der Waals surface area contributed by atoms with E-state index in [0.717, 1.165) is 30.8 Å². The average Bonchev–Trinajstić information content (AvgIpc) is 3.19. The van der Waals surface area contributed by atoms with Crippen LogP contribution in [0.25, 0.3) is 0 Å². The number of rotatable bonds is 4. The van der Waals surface area contributed by atoms with E-state index in [1.54, 1.807) is 4.88 Å².